The van der Waals surface area contributed by atoms with Gasteiger partial charge in [-0.2, -0.15) is 0 Å². The second-order valence-electron chi connectivity index (χ2n) is 9.89. The summed E-state index contributed by atoms with van der Waals surface area (Å²) in [5, 5.41) is 2.75. The quantitative estimate of drug-likeness (QED) is 0.178. The van der Waals surface area contributed by atoms with Gasteiger partial charge in [-0.3, -0.25) is 0 Å². The van der Waals surface area contributed by atoms with Crippen LogP contribution in [0, 0.1) is 0 Å². The van der Waals surface area contributed by atoms with Crippen LogP contribution >= 0.6 is 0 Å². The molecular formula is C32H35N3O7. The lowest BCUT2D eigenvalue weighted by Gasteiger charge is -2.15. The summed E-state index contributed by atoms with van der Waals surface area (Å²) in [4.78, 5) is 20.8. The van der Waals surface area contributed by atoms with Gasteiger partial charge in [-0.1, -0.05) is 0 Å². The summed E-state index contributed by atoms with van der Waals surface area (Å²) in [7, 11) is 0. The van der Waals surface area contributed by atoms with Gasteiger partial charge >= 0.3 is 6.09 Å². The van der Waals surface area contributed by atoms with E-state index in [-0.39, 0.29) is 24.9 Å². The van der Waals surface area contributed by atoms with Crippen LogP contribution < -0.4 is 33.7 Å². The third-order valence-electron chi connectivity index (χ3n) is 5.33. The number of carbonyl (C=O) groups excluding carboxylic acids is 1. The Labute approximate surface area is 245 Å². The predicted octanol–water partition coefficient (Wildman–Crippen LogP) is 7.19. The lowest BCUT2D eigenvalue weighted by molar-refractivity contribution is 0.189. The van der Waals surface area contributed by atoms with E-state index in [9.17, 15) is 4.79 Å². The van der Waals surface area contributed by atoms with E-state index < -0.39 is 6.09 Å². The molecule has 10 nitrogen and oxygen atoms in total. The molecule has 1 unspecified atom stereocenters. The van der Waals surface area contributed by atoms with Crippen molar-refractivity contribution in [3.8, 4) is 46.3 Å². The maximum absolute atomic E-state index is 12.3. The van der Waals surface area contributed by atoms with E-state index in [1.165, 1.54) is 0 Å². The second kappa shape index (κ2) is 14.6. The minimum absolute atomic E-state index is 0.0656. The molecule has 4 aromatic rings. The monoisotopic (exact) mass is 573 g/mol. The Morgan fingerprint density at radius 3 is 1.48 bits per heavy atom. The Balaban J connectivity index is 1.17. The molecule has 0 saturated carbocycles. The Morgan fingerprint density at radius 1 is 0.619 bits per heavy atom. The van der Waals surface area contributed by atoms with Crippen molar-refractivity contribution < 1.29 is 33.2 Å². The van der Waals surface area contributed by atoms with Crippen molar-refractivity contribution in [3.05, 3.63) is 85.2 Å². The fraction of sp³-hybridized carbons (Fsp3) is 0.281. The number of amides is 1. The summed E-state index contributed by atoms with van der Waals surface area (Å²) in [5.41, 5.74) is 0. The van der Waals surface area contributed by atoms with Crippen LogP contribution in [0.3, 0.4) is 0 Å². The van der Waals surface area contributed by atoms with Crippen LogP contribution in [0.2, 0.25) is 0 Å². The summed E-state index contributed by atoms with van der Waals surface area (Å²) in [5.74, 6) is 4.40. The van der Waals surface area contributed by atoms with Crippen LogP contribution in [-0.2, 0) is 0 Å². The topological polar surface area (TPSA) is 110 Å². The molecule has 4 rings (SSSR count). The number of hydrogen-bond donors (Lipinski definition) is 1. The van der Waals surface area contributed by atoms with Gasteiger partial charge in [0.25, 0.3) is 0 Å². The van der Waals surface area contributed by atoms with Crippen molar-refractivity contribution >= 4 is 6.09 Å². The highest BCUT2D eigenvalue weighted by molar-refractivity contribution is 5.70. The first-order valence-corrected chi connectivity index (χ1v) is 13.6. The van der Waals surface area contributed by atoms with Crippen LogP contribution in [0.25, 0.3) is 0 Å². The summed E-state index contributed by atoms with van der Waals surface area (Å²) < 4.78 is 33.8. The normalized spacial score (nSPS) is 11.5. The summed E-state index contributed by atoms with van der Waals surface area (Å²) in [6.07, 6.45) is 2.78. The first-order chi connectivity index (χ1) is 20.2. The summed E-state index contributed by atoms with van der Waals surface area (Å²) in [6, 6.07) is 20.5. The molecule has 1 amide bonds. The van der Waals surface area contributed by atoms with E-state index in [4.69, 9.17) is 28.4 Å². The third kappa shape index (κ3) is 9.88. The van der Waals surface area contributed by atoms with Gasteiger partial charge in [0.05, 0.1) is 30.6 Å². The average molecular weight is 574 g/mol. The molecule has 2 aromatic heterocycles. The van der Waals surface area contributed by atoms with Gasteiger partial charge in [-0.25, -0.2) is 14.8 Å². The van der Waals surface area contributed by atoms with Crippen molar-refractivity contribution in [2.75, 3.05) is 6.61 Å². The first kappa shape index (κ1) is 30.0. The molecule has 0 spiro atoms. The Kier molecular flexibility index (Phi) is 10.4. The van der Waals surface area contributed by atoms with Gasteiger partial charge in [0.15, 0.2) is 0 Å². The molecule has 1 N–H and O–H groups in total. The van der Waals surface area contributed by atoms with E-state index in [1.54, 1.807) is 79.1 Å². The van der Waals surface area contributed by atoms with E-state index in [0.29, 0.717) is 46.3 Å². The lowest BCUT2D eigenvalue weighted by Crippen LogP contribution is -2.38. The number of aromatic nitrogens is 2. The Bertz CT molecular complexity index is 1390. The smallest absolute Gasteiger partial charge is 0.412 e. The van der Waals surface area contributed by atoms with Gasteiger partial charge in [0.2, 0.25) is 11.8 Å². The number of rotatable bonds is 13. The largest absolute Gasteiger partial charge is 0.491 e. The molecule has 220 valence electrons. The number of hydrogen-bond acceptors (Lipinski definition) is 9. The van der Waals surface area contributed by atoms with Crippen LogP contribution in [-0.4, -0.2) is 40.9 Å². The van der Waals surface area contributed by atoms with Crippen molar-refractivity contribution in [1.29, 1.82) is 0 Å². The molecule has 2 aromatic carbocycles. The number of carbonyl (C=O) groups is 1. The Morgan fingerprint density at radius 2 is 1.05 bits per heavy atom. The van der Waals surface area contributed by atoms with Gasteiger partial charge in [0.1, 0.15) is 41.1 Å². The van der Waals surface area contributed by atoms with Gasteiger partial charge < -0.3 is 33.7 Å². The molecule has 10 heteroatoms. The maximum atomic E-state index is 12.3. The van der Waals surface area contributed by atoms with Gasteiger partial charge in [-0.15, -0.1) is 0 Å². The van der Waals surface area contributed by atoms with E-state index in [2.05, 4.69) is 15.3 Å². The molecule has 0 saturated heterocycles. The standard InChI is InChI=1S/C32H35N3O7/c1-21(2)38-28-14-16-30(33-18-28)40-25-8-6-24(7-9-25)37-20-23(5)35-32(36)42-27-12-10-26(11-13-27)41-31-17-15-29(19-34-31)39-22(3)4/h6-19,21-23H,20H2,1-5H3,(H,35,36). The van der Waals surface area contributed by atoms with Crippen molar-refractivity contribution in [2.45, 2.75) is 52.9 Å². The SMILES string of the molecule is CC(COc1ccc(Oc2ccc(OC(C)C)cn2)cc1)NC(=O)Oc1ccc(Oc2ccc(OC(C)C)cn2)cc1. The van der Waals surface area contributed by atoms with Crippen molar-refractivity contribution in [3.63, 3.8) is 0 Å². The predicted molar refractivity (Wildman–Crippen MR) is 157 cm³/mol. The molecular weight excluding hydrogens is 538 g/mol. The van der Waals surface area contributed by atoms with Gasteiger partial charge in [0, 0.05) is 12.1 Å². The lowest BCUT2D eigenvalue weighted by atomic mass is 10.3. The number of nitrogens with zero attached hydrogens (tertiary/aromatic N) is 2. The highest BCUT2D eigenvalue weighted by Crippen LogP contribution is 2.25. The van der Waals surface area contributed by atoms with E-state index in [1.807, 2.05) is 40.7 Å². The number of nitrogens with one attached hydrogen (secondary N) is 1. The Hall–Kier alpha value is -4.99. The number of benzene rings is 2. The zero-order valence-electron chi connectivity index (χ0n) is 24.3. The molecule has 0 aliphatic heterocycles. The summed E-state index contributed by atoms with van der Waals surface area (Å²) in [6.45, 7) is 9.87. The zero-order chi connectivity index (χ0) is 29.9. The number of pyridine rings is 2. The number of ether oxygens (including phenoxy) is 6. The average Bonchev–Trinajstić information content (AvgIpc) is 2.95. The molecule has 42 heavy (non-hydrogen) atoms. The fourth-order valence-corrected chi connectivity index (χ4v) is 3.56. The minimum Gasteiger partial charge on any atom is -0.491 e. The van der Waals surface area contributed by atoms with Crippen LogP contribution in [0.5, 0.6) is 46.3 Å². The van der Waals surface area contributed by atoms with Crippen molar-refractivity contribution in [2.24, 2.45) is 0 Å². The zero-order valence-corrected chi connectivity index (χ0v) is 24.3. The van der Waals surface area contributed by atoms with E-state index in [0.717, 1.165) is 0 Å². The highest BCUT2D eigenvalue weighted by atomic mass is 16.6. The second-order valence-corrected chi connectivity index (χ2v) is 9.89. The molecule has 2 heterocycles. The molecule has 0 aliphatic rings. The minimum atomic E-state index is -0.594. The molecule has 0 bridgehead atoms. The maximum Gasteiger partial charge on any atom is 0.412 e. The fourth-order valence-electron chi connectivity index (χ4n) is 3.56. The summed E-state index contributed by atoms with van der Waals surface area (Å²) >= 11 is 0. The molecule has 1 atom stereocenters. The first-order valence-electron chi connectivity index (χ1n) is 13.6. The van der Waals surface area contributed by atoms with Crippen LogP contribution in [0.1, 0.15) is 34.6 Å². The van der Waals surface area contributed by atoms with Crippen molar-refractivity contribution in [1.82, 2.24) is 15.3 Å². The van der Waals surface area contributed by atoms with Crippen LogP contribution in [0.4, 0.5) is 4.79 Å². The molecule has 0 aliphatic carbocycles. The molecule has 0 fully saturated rings. The van der Waals surface area contributed by atoms with Gasteiger partial charge in [-0.05, 0) is 95.3 Å². The highest BCUT2D eigenvalue weighted by Gasteiger charge is 2.11. The van der Waals surface area contributed by atoms with Crippen LogP contribution in [0.15, 0.2) is 85.2 Å². The van der Waals surface area contributed by atoms with E-state index >= 15 is 0 Å². The third-order valence-corrected chi connectivity index (χ3v) is 5.33. The molecule has 0 radical (unpaired) electrons.